The third-order valence-electron chi connectivity index (χ3n) is 12.5. The van der Waals surface area contributed by atoms with Crippen LogP contribution in [0.3, 0.4) is 0 Å². The molecule has 56 heavy (non-hydrogen) atoms. The number of ether oxygens (including phenoxy) is 1. The predicted octanol–water partition coefficient (Wildman–Crippen LogP) is 5.90. The van der Waals surface area contributed by atoms with Gasteiger partial charge in [0.05, 0.1) is 16.5 Å². The third kappa shape index (κ3) is 7.37. The van der Waals surface area contributed by atoms with E-state index in [0.29, 0.717) is 50.3 Å². The number of amides is 1. The molecule has 2 aliphatic carbocycles. The quantitative estimate of drug-likeness (QED) is 0.145. The first-order valence-electron chi connectivity index (χ1n) is 20.0. The standard InChI is InChI=1S/C43H49F2N7O4/c1-3-32-33-20-27(10-13-36(32)44)19-31(54)21-34(33)39-38(45)40-35(22-46-39)41(51-23-28-11-12-29(24-51)47-28)49-42(48-40)56-26-43-15-8-17-52(43)30(14-16-43)25-50(2)37(55)9-6-4-5-7-18-53/h1,10,13,18-22,27-30,47,54H,4-9,11-12,14-17,23-26H2,2H3. The highest BCUT2D eigenvalue weighted by atomic mass is 19.1. The molecule has 1 amide bonds. The first kappa shape index (κ1) is 38.0. The van der Waals surface area contributed by atoms with E-state index < -0.39 is 17.6 Å². The predicted molar refractivity (Wildman–Crippen MR) is 210 cm³/mol. The summed E-state index contributed by atoms with van der Waals surface area (Å²) in [5.74, 6) is 1.11. The Balaban J connectivity index is 1.09. The van der Waals surface area contributed by atoms with E-state index in [2.05, 4.69) is 26.0 Å². The van der Waals surface area contributed by atoms with Crippen LogP contribution < -0.4 is 15.0 Å². The van der Waals surface area contributed by atoms with Gasteiger partial charge in [0.2, 0.25) is 5.91 Å². The molecule has 2 aromatic rings. The van der Waals surface area contributed by atoms with Crippen LogP contribution in [-0.2, 0) is 9.59 Å². The van der Waals surface area contributed by atoms with Crippen molar-refractivity contribution in [3.05, 3.63) is 70.8 Å². The molecule has 8 rings (SSSR count). The van der Waals surface area contributed by atoms with Crippen molar-refractivity contribution in [2.45, 2.75) is 94.3 Å². The van der Waals surface area contributed by atoms with Gasteiger partial charge in [0.25, 0.3) is 0 Å². The van der Waals surface area contributed by atoms with E-state index in [0.717, 1.165) is 70.6 Å². The number of pyridine rings is 1. The number of aldehydes is 1. The van der Waals surface area contributed by atoms with E-state index in [1.807, 2.05) is 11.9 Å². The Labute approximate surface area is 326 Å². The van der Waals surface area contributed by atoms with Gasteiger partial charge in [0.15, 0.2) is 5.82 Å². The number of hydrogen-bond acceptors (Lipinski definition) is 10. The normalized spacial score (nSPS) is 27.0. The molecule has 4 saturated heterocycles. The zero-order valence-electron chi connectivity index (χ0n) is 31.9. The van der Waals surface area contributed by atoms with Gasteiger partial charge in [-0.2, -0.15) is 9.97 Å². The Morgan fingerprint density at radius 2 is 1.96 bits per heavy atom. The number of fused-ring (bicyclic) bond motifs is 5. The van der Waals surface area contributed by atoms with Crippen LogP contribution in [0.25, 0.3) is 16.5 Å². The molecule has 4 bridgehead atoms. The minimum absolute atomic E-state index is 0.0153. The molecule has 0 saturated carbocycles. The third-order valence-corrected chi connectivity index (χ3v) is 12.5. The van der Waals surface area contributed by atoms with Gasteiger partial charge in [0.1, 0.15) is 41.5 Å². The molecule has 0 radical (unpaired) electrons. The van der Waals surface area contributed by atoms with Crippen LogP contribution in [0.1, 0.15) is 76.3 Å². The number of nitrogens with zero attached hydrogens (tertiary/aromatic N) is 6. The fourth-order valence-corrected chi connectivity index (χ4v) is 9.66. The highest BCUT2D eigenvalue weighted by Gasteiger charge is 2.50. The van der Waals surface area contributed by atoms with Crippen molar-refractivity contribution < 1.29 is 28.2 Å². The van der Waals surface area contributed by atoms with Gasteiger partial charge < -0.3 is 29.8 Å². The molecular formula is C43H49F2N7O4. The van der Waals surface area contributed by atoms with Crippen LogP contribution >= 0.6 is 0 Å². The number of nitrogens with one attached hydrogen (secondary N) is 1. The van der Waals surface area contributed by atoms with Gasteiger partial charge in [-0.05, 0) is 81.7 Å². The number of piperazine rings is 1. The molecule has 11 nitrogen and oxygen atoms in total. The van der Waals surface area contributed by atoms with E-state index in [1.165, 1.54) is 18.2 Å². The summed E-state index contributed by atoms with van der Waals surface area (Å²) in [4.78, 5) is 44.3. The number of carbonyl (C=O) groups is 2. The molecule has 13 heteroatoms. The van der Waals surface area contributed by atoms with E-state index in [4.69, 9.17) is 21.1 Å². The van der Waals surface area contributed by atoms with E-state index in [1.54, 1.807) is 18.3 Å². The Hall–Kier alpha value is -4.93. The highest BCUT2D eigenvalue weighted by molar-refractivity contribution is 5.94. The molecule has 6 aliphatic rings. The average Bonchev–Trinajstić information content (AvgIpc) is 3.80. The lowest BCUT2D eigenvalue weighted by Crippen LogP contribution is -2.51. The van der Waals surface area contributed by atoms with Gasteiger partial charge in [-0.25, -0.2) is 8.78 Å². The minimum atomic E-state index is -0.750. The summed E-state index contributed by atoms with van der Waals surface area (Å²) in [5.41, 5.74) is -0.0169. The number of aliphatic hydroxyl groups is 1. The van der Waals surface area contributed by atoms with Crippen molar-refractivity contribution in [2.75, 3.05) is 44.7 Å². The molecular weight excluding hydrogens is 717 g/mol. The van der Waals surface area contributed by atoms with E-state index >= 15 is 8.78 Å². The van der Waals surface area contributed by atoms with Crippen molar-refractivity contribution in [3.8, 4) is 18.4 Å². The Morgan fingerprint density at radius 3 is 2.75 bits per heavy atom. The zero-order valence-corrected chi connectivity index (χ0v) is 31.9. The van der Waals surface area contributed by atoms with Crippen LogP contribution in [0.15, 0.2) is 59.3 Å². The molecule has 5 atom stereocenters. The smallest absolute Gasteiger partial charge is 0.319 e. The molecule has 294 valence electrons. The number of allylic oxidation sites excluding steroid dienone is 9. The van der Waals surface area contributed by atoms with Crippen LogP contribution in [0.5, 0.6) is 6.01 Å². The van der Waals surface area contributed by atoms with Crippen molar-refractivity contribution in [1.29, 1.82) is 0 Å². The fourth-order valence-electron chi connectivity index (χ4n) is 9.66. The Kier molecular flexibility index (Phi) is 10.8. The zero-order chi connectivity index (χ0) is 39.0. The second kappa shape index (κ2) is 15.9. The number of likely N-dealkylation sites (N-methyl/N-ethyl adjacent to an activating group) is 1. The topological polar surface area (TPSA) is 124 Å². The summed E-state index contributed by atoms with van der Waals surface area (Å²) in [6, 6.07) is 0.825. The van der Waals surface area contributed by atoms with Gasteiger partial charge in [-0.3, -0.25) is 14.7 Å². The number of carbonyl (C=O) groups excluding carboxylic acids is 2. The summed E-state index contributed by atoms with van der Waals surface area (Å²) in [6.45, 7) is 3.23. The minimum Gasteiger partial charge on any atom is -0.508 e. The lowest BCUT2D eigenvalue weighted by molar-refractivity contribution is -0.130. The van der Waals surface area contributed by atoms with Crippen molar-refractivity contribution >= 4 is 34.5 Å². The van der Waals surface area contributed by atoms with Gasteiger partial charge in [0, 0.05) is 75.3 Å². The first-order chi connectivity index (χ1) is 27.2. The molecule has 0 spiro atoms. The molecule has 4 fully saturated rings. The van der Waals surface area contributed by atoms with Gasteiger partial charge in [-0.15, -0.1) is 6.42 Å². The van der Waals surface area contributed by atoms with Crippen molar-refractivity contribution in [2.24, 2.45) is 5.92 Å². The van der Waals surface area contributed by atoms with Crippen molar-refractivity contribution in [3.63, 3.8) is 0 Å². The van der Waals surface area contributed by atoms with Crippen molar-refractivity contribution in [1.82, 2.24) is 30.1 Å². The SMILES string of the molecule is C#CC1=C(F)C=CC2C=C(O)C=C(c3ncc4c(N5CC6CCC(C5)N6)nc(OCC56CCCN5C(CN(C)C(=O)CCCCCC=O)CC6)nc4c3F)C1=C2. The maximum Gasteiger partial charge on any atom is 0.319 e. The van der Waals surface area contributed by atoms with Crippen LogP contribution in [0.2, 0.25) is 0 Å². The number of aliphatic hydroxyl groups excluding tert-OH is 1. The molecule has 4 aliphatic heterocycles. The number of rotatable bonds is 13. The van der Waals surface area contributed by atoms with Crippen LogP contribution in [0.4, 0.5) is 14.6 Å². The molecule has 0 aromatic carbocycles. The number of terminal acetylenes is 1. The lowest BCUT2D eigenvalue weighted by atomic mass is 9.93. The second-order valence-corrected chi connectivity index (χ2v) is 16.1. The Morgan fingerprint density at radius 1 is 1.14 bits per heavy atom. The number of halogens is 2. The lowest BCUT2D eigenvalue weighted by Gasteiger charge is -2.36. The fraction of sp³-hybridized carbons (Fsp3) is 0.512. The molecule has 6 heterocycles. The maximum absolute atomic E-state index is 17.1. The average molecular weight is 766 g/mol. The summed E-state index contributed by atoms with van der Waals surface area (Å²) in [5, 5.41) is 14.9. The monoisotopic (exact) mass is 765 g/mol. The first-order valence-corrected chi connectivity index (χ1v) is 20.0. The summed E-state index contributed by atoms with van der Waals surface area (Å²) < 4.78 is 38.9. The van der Waals surface area contributed by atoms with Crippen LogP contribution in [-0.4, -0.2) is 106 Å². The summed E-state index contributed by atoms with van der Waals surface area (Å²) >= 11 is 0. The Bertz CT molecular complexity index is 2090. The number of aromatic nitrogens is 3. The maximum atomic E-state index is 17.1. The number of unbranched alkanes of at least 4 members (excludes halogenated alkanes) is 3. The molecule has 5 unspecified atom stereocenters. The van der Waals surface area contributed by atoms with E-state index in [9.17, 15) is 14.7 Å². The highest BCUT2D eigenvalue weighted by Crippen LogP contribution is 2.44. The van der Waals surface area contributed by atoms with Crippen LogP contribution in [0, 0.1) is 24.1 Å². The summed E-state index contributed by atoms with van der Waals surface area (Å²) in [7, 11) is 1.87. The summed E-state index contributed by atoms with van der Waals surface area (Å²) in [6.07, 6.45) is 25.0. The second-order valence-electron chi connectivity index (χ2n) is 16.1. The number of hydrogen-bond donors (Lipinski definition) is 2. The molecule has 2 N–H and O–H groups in total. The van der Waals surface area contributed by atoms with Gasteiger partial charge in [-0.1, -0.05) is 24.5 Å². The molecule has 2 aromatic heterocycles. The largest absolute Gasteiger partial charge is 0.508 e. The van der Waals surface area contributed by atoms with Gasteiger partial charge >= 0.3 is 6.01 Å². The number of anilines is 1. The van der Waals surface area contributed by atoms with E-state index in [-0.39, 0.29) is 69.3 Å².